The highest BCUT2D eigenvalue weighted by Crippen LogP contribution is 2.27. The monoisotopic (exact) mass is 464 g/mol. The number of benzene rings is 2. The molecule has 0 aliphatic carbocycles. The van der Waals surface area contributed by atoms with Gasteiger partial charge in [0.05, 0.1) is 4.90 Å². The van der Waals surface area contributed by atoms with Gasteiger partial charge in [-0.2, -0.15) is 8.78 Å². The van der Waals surface area contributed by atoms with E-state index < -0.39 is 21.7 Å². The SMILES string of the molecule is CN(C)S(=O)(=O)c1cc(C(=O)Nc2ccc(SC(F)F)cc2)ccc1Br. The molecule has 2 aromatic carbocycles. The van der Waals surface area contributed by atoms with Crippen LogP contribution in [0.1, 0.15) is 10.4 Å². The number of thioether (sulfide) groups is 1. The number of carbonyl (C=O) groups is 1. The zero-order valence-electron chi connectivity index (χ0n) is 13.7. The van der Waals surface area contributed by atoms with Crippen molar-refractivity contribution in [3.8, 4) is 0 Å². The van der Waals surface area contributed by atoms with Gasteiger partial charge < -0.3 is 5.32 Å². The van der Waals surface area contributed by atoms with Crippen LogP contribution in [-0.2, 0) is 10.0 Å². The summed E-state index contributed by atoms with van der Waals surface area (Å²) < 4.78 is 50.6. The van der Waals surface area contributed by atoms with Crippen molar-refractivity contribution in [2.24, 2.45) is 0 Å². The molecule has 10 heteroatoms. The molecule has 1 N–H and O–H groups in total. The van der Waals surface area contributed by atoms with Crippen LogP contribution in [0, 0.1) is 0 Å². The molecule has 0 fully saturated rings. The highest BCUT2D eigenvalue weighted by Gasteiger charge is 2.22. The highest BCUT2D eigenvalue weighted by atomic mass is 79.9. The Morgan fingerprint density at radius 1 is 1.15 bits per heavy atom. The number of nitrogens with zero attached hydrogens (tertiary/aromatic N) is 1. The summed E-state index contributed by atoms with van der Waals surface area (Å²) in [5.41, 5.74) is 0.563. The van der Waals surface area contributed by atoms with E-state index in [0.29, 0.717) is 26.8 Å². The molecular weight excluding hydrogens is 450 g/mol. The Bertz CT molecular complexity index is 904. The van der Waals surface area contributed by atoms with Crippen LogP contribution in [-0.4, -0.2) is 38.5 Å². The summed E-state index contributed by atoms with van der Waals surface area (Å²) in [7, 11) is -0.928. The first-order chi connectivity index (χ1) is 12.1. The molecule has 140 valence electrons. The highest BCUT2D eigenvalue weighted by molar-refractivity contribution is 9.10. The predicted octanol–water partition coefficient (Wildman–Crippen LogP) is 4.27. The number of sulfonamides is 1. The van der Waals surface area contributed by atoms with Crippen molar-refractivity contribution < 1.29 is 22.0 Å². The fraction of sp³-hybridized carbons (Fsp3) is 0.188. The Morgan fingerprint density at radius 3 is 2.31 bits per heavy atom. The van der Waals surface area contributed by atoms with E-state index in [4.69, 9.17) is 0 Å². The predicted molar refractivity (Wildman–Crippen MR) is 101 cm³/mol. The van der Waals surface area contributed by atoms with Crippen molar-refractivity contribution in [2.45, 2.75) is 15.5 Å². The molecule has 0 aliphatic heterocycles. The van der Waals surface area contributed by atoms with Crippen LogP contribution >= 0.6 is 27.7 Å². The maximum Gasteiger partial charge on any atom is 0.288 e. The number of alkyl halides is 2. The Morgan fingerprint density at radius 2 is 1.77 bits per heavy atom. The van der Waals surface area contributed by atoms with Crippen molar-refractivity contribution in [1.82, 2.24) is 4.31 Å². The Kier molecular flexibility index (Phi) is 6.78. The molecule has 0 bridgehead atoms. The number of halogens is 3. The molecule has 0 atom stereocenters. The zero-order chi connectivity index (χ0) is 19.5. The molecular formula is C16H15BrF2N2O3S2. The first kappa shape index (κ1) is 20.8. The van der Waals surface area contributed by atoms with Gasteiger partial charge in [0.15, 0.2) is 0 Å². The van der Waals surface area contributed by atoms with Crippen LogP contribution in [0.25, 0.3) is 0 Å². The molecule has 2 aromatic rings. The van der Waals surface area contributed by atoms with Crippen molar-refractivity contribution in [1.29, 1.82) is 0 Å². The molecule has 26 heavy (non-hydrogen) atoms. The molecule has 0 unspecified atom stereocenters. The maximum atomic E-state index is 12.4. The van der Waals surface area contributed by atoms with E-state index >= 15 is 0 Å². The minimum absolute atomic E-state index is 0.0289. The summed E-state index contributed by atoms with van der Waals surface area (Å²) in [4.78, 5) is 12.7. The third kappa shape index (κ3) is 5.03. The van der Waals surface area contributed by atoms with E-state index in [0.717, 1.165) is 4.31 Å². The molecule has 2 rings (SSSR count). The lowest BCUT2D eigenvalue weighted by atomic mass is 10.2. The number of amides is 1. The van der Waals surface area contributed by atoms with E-state index in [9.17, 15) is 22.0 Å². The molecule has 0 aliphatic rings. The van der Waals surface area contributed by atoms with Crippen molar-refractivity contribution in [3.05, 3.63) is 52.5 Å². The van der Waals surface area contributed by atoms with Gasteiger partial charge in [-0.25, -0.2) is 12.7 Å². The number of carbonyl (C=O) groups excluding carboxylic acids is 1. The fourth-order valence-electron chi connectivity index (χ4n) is 1.96. The minimum atomic E-state index is -3.72. The number of anilines is 1. The van der Waals surface area contributed by atoms with Crippen molar-refractivity contribution >= 4 is 49.3 Å². The molecule has 0 saturated heterocycles. The summed E-state index contributed by atoms with van der Waals surface area (Å²) in [6, 6.07) is 10.2. The van der Waals surface area contributed by atoms with Crippen LogP contribution in [0.5, 0.6) is 0 Å². The average Bonchev–Trinajstić information content (AvgIpc) is 2.56. The van der Waals surface area contributed by atoms with Gasteiger partial charge in [0.2, 0.25) is 10.0 Å². The van der Waals surface area contributed by atoms with Gasteiger partial charge in [-0.1, -0.05) is 11.8 Å². The molecule has 0 aromatic heterocycles. The molecule has 1 amide bonds. The van der Waals surface area contributed by atoms with Crippen molar-refractivity contribution in [2.75, 3.05) is 19.4 Å². The average molecular weight is 465 g/mol. The Balaban J connectivity index is 2.23. The van der Waals surface area contributed by atoms with Crippen LogP contribution in [0.3, 0.4) is 0 Å². The lowest BCUT2D eigenvalue weighted by molar-refractivity contribution is 0.102. The number of rotatable bonds is 6. The van der Waals surface area contributed by atoms with E-state index in [1.807, 2.05) is 0 Å². The lowest BCUT2D eigenvalue weighted by Crippen LogP contribution is -2.23. The van der Waals surface area contributed by atoms with Crippen LogP contribution in [0.15, 0.2) is 56.7 Å². The third-order valence-corrected chi connectivity index (χ3v) is 6.82. The van der Waals surface area contributed by atoms with Crippen LogP contribution in [0.2, 0.25) is 0 Å². The van der Waals surface area contributed by atoms with E-state index in [-0.39, 0.29) is 10.5 Å². The quantitative estimate of drug-likeness (QED) is 0.648. The van der Waals surface area contributed by atoms with Gasteiger partial charge in [-0.3, -0.25) is 4.79 Å². The van der Waals surface area contributed by atoms with E-state index in [2.05, 4.69) is 21.2 Å². The number of nitrogens with one attached hydrogen (secondary N) is 1. The van der Waals surface area contributed by atoms with Crippen molar-refractivity contribution in [3.63, 3.8) is 0 Å². The van der Waals surface area contributed by atoms with Crippen LogP contribution in [0.4, 0.5) is 14.5 Å². The second-order valence-electron chi connectivity index (χ2n) is 5.29. The van der Waals surface area contributed by atoms with E-state index in [1.54, 1.807) is 0 Å². The zero-order valence-corrected chi connectivity index (χ0v) is 17.0. The Labute approximate surface area is 163 Å². The normalized spacial score (nSPS) is 11.8. The summed E-state index contributed by atoms with van der Waals surface area (Å²) in [5.74, 6) is -3.03. The minimum Gasteiger partial charge on any atom is -0.322 e. The smallest absolute Gasteiger partial charge is 0.288 e. The largest absolute Gasteiger partial charge is 0.322 e. The molecule has 0 heterocycles. The molecule has 0 saturated carbocycles. The fourth-order valence-corrected chi connectivity index (χ4v) is 4.30. The summed E-state index contributed by atoms with van der Waals surface area (Å²) in [6.07, 6.45) is 0. The lowest BCUT2D eigenvalue weighted by Gasteiger charge is -2.14. The molecule has 0 spiro atoms. The topological polar surface area (TPSA) is 66.5 Å². The summed E-state index contributed by atoms with van der Waals surface area (Å²) >= 11 is 3.59. The molecule has 5 nitrogen and oxygen atoms in total. The van der Waals surface area contributed by atoms with Crippen LogP contribution < -0.4 is 5.32 Å². The molecule has 0 radical (unpaired) electrons. The number of hydrogen-bond acceptors (Lipinski definition) is 4. The van der Waals surface area contributed by atoms with Gasteiger partial charge in [-0.05, 0) is 58.4 Å². The van der Waals surface area contributed by atoms with Gasteiger partial charge in [-0.15, -0.1) is 0 Å². The Hall–Kier alpha value is -1.49. The summed E-state index contributed by atoms with van der Waals surface area (Å²) in [5, 5.41) is 2.61. The van der Waals surface area contributed by atoms with Gasteiger partial charge in [0.25, 0.3) is 11.7 Å². The van der Waals surface area contributed by atoms with E-state index in [1.165, 1.54) is 56.6 Å². The maximum absolute atomic E-state index is 12.4. The third-order valence-electron chi connectivity index (χ3n) is 3.29. The summed E-state index contributed by atoms with van der Waals surface area (Å²) in [6.45, 7) is 0. The first-order valence-corrected chi connectivity index (χ1v) is 10.3. The number of hydrogen-bond donors (Lipinski definition) is 1. The second kappa shape index (κ2) is 8.47. The van der Waals surface area contributed by atoms with Gasteiger partial charge >= 0.3 is 0 Å². The van der Waals surface area contributed by atoms with Gasteiger partial charge in [0, 0.05) is 34.7 Å². The van der Waals surface area contributed by atoms with Gasteiger partial charge in [0.1, 0.15) is 0 Å². The second-order valence-corrected chi connectivity index (χ2v) is 9.33. The first-order valence-electron chi connectivity index (χ1n) is 7.19. The standard InChI is InChI=1S/C16H15BrF2N2O3S2/c1-21(2)26(23,24)14-9-10(3-8-13(14)17)15(22)20-11-4-6-12(7-5-11)25-16(18)19/h3-9,16H,1-2H3,(H,20,22).